The van der Waals surface area contributed by atoms with Gasteiger partial charge in [0.1, 0.15) is 0 Å². The summed E-state index contributed by atoms with van der Waals surface area (Å²) in [4.78, 5) is 0. The van der Waals surface area contributed by atoms with E-state index in [9.17, 15) is 0 Å². The molecule has 3 heteroatoms. The van der Waals surface area contributed by atoms with Crippen LogP contribution in [0.5, 0.6) is 0 Å². The van der Waals surface area contributed by atoms with Gasteiger partial charge in [-0.25, -0.2) is 0 Å². The van der Waals surface area contributed by atoms with Crippen molar-refractivity contribution >= 4 is 0 Å². The summed E-state index contributed by atoms with van der Waals surface area (Å²) in [5, 5.41) is 0. The van der Waals surface area contributed by atoms with Crippen LogP contribution in [0.15, 0.2) is 30.3 Å². The third-order valence-corrected chi connectivity index (χ3v) is 4.95. The smallest absolute Gasteiger partial charge is 0.0475 e. The molecular weight excluding hydrogens is 260 g/mol. The minimum atomic E-state index is 0.125. The molecule has 1 fully saturated rings. The minimum absolute atomic E-state index is 0.125. The van der Waals surface area contributed by atoms with Crippen molar-refractivity contribution in [3.63, 3.8) is 0 Å². The third-order valence-electron chi connectivity index (χ3n) is 4.95. The largest absolute Gasteiger partial charge is 0.381 e. The topological polar surface area (TPSA) is 47.3 Å². The zero-order chi connectivity index (χ0) is 15.0. The van der Waals surface area contributed by atoms with Gasteiger partial charge in [-0.15, -0.1) is 0 Å². The number of hydrogen-bond donors (Lipinski definition) is 2. The number of hydrazine groups is 1. The van der Waals surface area contributed by atoms with Gasteiger partial charge in [0, 0.05) is 24.7 Å². The summed E-state index contributed by atoms with van der Waals surface area (Å²) in [6, 6.07) is 11.2. The van der Waals surface area contributed by atoms with E-state index in [-0.39, 0.29) is 5.41 Å². The number of benzene rings is 1. The molecule has 0 radical (unpaired) electrons. The number of nitrogens with one attached hydrogen (secondary N) is 1. The lowest BCUT2D eigenvalue weighted by molar-refractivity contribution is 0.0325. The van der Waals surface area contributed by atoms with Gasteiger partial charge in [0.15, 0.2) is 0 Å². The molecule has 1 atom stereocenters. The third kappa shape index (κ3) is 4.06. The summed E-state index contributed by atoms with van der Waals surface area (Å²) < 4.78 is 5.62. The van der Waals surface area contributed by atoms with Gasteiger partial charge in [0.2, 0.25) is 0 Å². The predicted octanol–water partition coefficient (Wildman–Crippen LogP) is 3.54. The summed E-state index contributed by atoms with van der Waals surface area (Å²) in [5.41, 5.74) is 4.67. The van der Waals surface area contributed by atoms with E-state index in [0.29, 0.717) is 6.04 Å². The summed E-state index contributed by atoms with van der Waals surface area (Å²) in [6.07, 6.45) is 8.40. The van der Waals surface area contributed by atoms with Crippen LogP contribution in [-0.2, 0) is 10.2 Å². The highest BCUT2D eigenvalue weighted by atomic mass is 16.5. The summed E-state index contributed by atoms with van der Waals surface area (Å²) in [6.45, 7) is 3.92. The van der Waals surface area contributed by atoms with Crippen LogP contribution in [0.3, 0.4) is 0 Å². The molecule has 0 saturated carbocycles. The van der Waals surface area contributed by atoms with Crippen molar-refractivity contribution in [2.75, 3.05) is 13.2 Å². The maximum atomic E-state index is 5.95. The lowest BCUT2D eigenvalue weighted by Crippen LogP contribution is -2.53. The van der Waals surface area contributed by atoms with Gasteiger partial charge in [0.25, 0.3) is 0 Å². The molecule has 2 rings (SSSR count). The van der Waals surface area contributed by atoms with Crippen molar-refractivity contribution in [1.82, 2.24) is 5.43 Å². The molecule has 1 aromatic rings. The molecule has 1 aromatic carbocycles. The van der Waals surface area contributed by atoms with Gasteiger partial charge in [-0.2, -0.15) is 0 Å². The van der Waals surface area contributed by atoms with Crippen molar-refractivity contribution in [3.8, 4) is 0 Å². The Morgan fingerprint density at radius 1 is 1.14 bits per heavy atom. The van der Waals surface area contributed by atoms with Gasteiger partial charge >= 0.3 is 0 Å². The highest BCUT2D eigenvalue weighted by Crippen LogP contribution is 2.39. The molecule has 0 bridgehead atoms. The Bertz CT molecular complexity index is 387. The molecule has 1 saturated heterocycles. The first kappa shape index (κ1) is 16.5. The van der Waals surface area contributed by atoms with Crippen LogP contribution in [0.4, 0.5) is 0 Å². The minimum Gasteiger partial charge on any atom is -0.381 e. The zero-order valence-electron chi connectivity index (χ0n) is 13.3. The van der Waals surface area contributed by atoms with Crippen LogP contribution in [0.1, 0.15) is 57.4 Å². The van der Waals surface area contributed by atoms with E-state index in [4.69, 9.17) is 10.6 Å². The summed E-state index contributed by atoms with van der Waals surface area (Å²) in [5.74, 6) is 5.95. The number of rotatable bonds is 8. The molecule has 1 aliphatic rings. The van der Waals surface area contributed by atoms with Crippen LogP contribution in [-0.4, -0.2) is 19.3 Å². The predicted molar refractivity (Wildman–Crippen MR) is 88.0 cm³/mol. The fourth-order valence-corrected chi connectivity index (χ4v) is 3.64. The standard InChI is InChI=1S/C18H30N2O/c1-2-3-4-8-11-17(20-19)18(12-14-21-15-13-18)16-9-6-5-7-10-16/h5-7,9-10,17,20H,2-4,8,11-15,19H2,1H3. The number of nitrogens with two attached hydrogens (primary N) is 1. The normalized spacial score (nSPS) is 19.3. The van der Waals surface area contributed by atoms with Gasteiger partial charge < -0.3 is 4.74 Å². The molecule has 118 valence electrons. The average Bonchev–Trinajstić information content (AvgIpc) is 2.56. The van der Waals surface area contributed by atoms with Crippen LogP contribution < -0.4 is 11.3 Å². The Morgan fingerprint density at radius 3 is 2.48 bits per heavy atom. The Labute approximate surface area is 129 Å². The Hall–Kier alpha value is -0.900. The fraction of sp³-hybridized carbons (Fsp3) is 0.667. The molecule has 1 heterocycles. The Morgan fingerprint density at radius 2 is 1.86 bits per heavy atom. The fourth-order valence-electron chi connectivity index (χ4n) is 3.64. The molecule has 3 N–H and O–H groups in total. The highest BCUT2D eigenvalue weighted by molar-refractivity contribution is 5.28. The maximum absolute atomic E-state index is 5.95. The second-order valence-electron chi connectivity index (χ2n) is 6.20. The lowest BCUT2D eigenvalue weighted by Gasteiger charge is -2.44. The van der Waals surface area contributed by atoms with Gasteiger partial charge in [-0.1, -0.05) is 62.9 Å². The Kier molecular flexibility index (Phi) is 6.68. The first-order chi connectivity index (χ1) is 10.3. The van der Waals surface area contributed by atoms with Gasteiger partial charge in [-0.05, 0) is 24.8 Å². The van der Waals surface area contributed by atoms with Gasteiger partial charge in [-0.3, -0.25) is 11.3 Å². The van der Waals surface area contributed by atoms with Crippen LogP contribution in [0.25, 0.3) is 0 Å². The zero-order valence-corrected chi connectivity index (χ0v) is 13.3. The van der Waals surface area contributed by atoms with E-state index in [1.807, 2.05) is 0 Å². The van der Waals surface area contributed by atoms with Gasteiger partial charge in [0.05, 0.1) is 0 Å². The molecular formula is C18H30N2O. The SMILES string of the molecule is CCCCCCC(NN)C1(c2ccccc2)CCOCC1. The lowest BCUT2D eigenvalue weighted by atomic mass is 9.67. The molecule has 1 aliphatic heterocycles. The first-order valence-corrected chi connectivity index (χ1v) is 8.43. The molecule has 3 nitrogen and oxygen atoms in total. The molecule has 0 spiro atoms. The quantitative estimate of drug-likeness (QED) is 0.437. The molecule has 21 heavy (non-hydrogen) atoms. The van der Waals surface area contributed by atoms with E-state index in [1.54, 1.807) is 0 Å². The molecule has 1 unspecified atom stereocenters. The second kappa shape index (κ2) is 8.52. The first-order valence-electron chi connectivity index (χ1n) is 8.43. The Balaban J connectivity index is 2.13. The van der Waals surface area contributed by atoms with Crippen LogP contribution >= 0.6 is 0 Å². The molecule has 0 aromatic heterocycles. The van der Waals surface area contributed by atoms with Crippen molar-refractivity contribution in [3.05, 3.63) is 35.9 Å². The summed E-state index contributed by atoms with van der Waals surface area (Å²) >= 11 is 0. The van der Waals surface area contributed by atoms with Crippen molar-refractivity contribution in [2.45, 2.75) is 63.3 Å². The van der Waals surface area contributed by atoms with Crippen molar-refractivity contribution in [2.24, 2.45) is 5.84 Å². The van der Waals surface area contributed by atoms with E-state index < -0.39 is 0 Å². The van der Waals surface area contributed by atoms with E-state index in [0.717, 1.165) is 32.5 Å². The second-order valence-corrected chi connectivity index (χ2v) is 6.20. The maximum Gasteiger partial charge on any atom is 0.0475 e. The number of hydrogen-bond acceptors (Lipinski definition) is 3. The van der Waals surface area contributed by atoms with Crippen LogP contribution in [0, 0.1) is 0 Å². The van der Waals surface area contributed by atoms with Crippen LogP contribution in [0.2, 0.25) is 0 Å². The van der Waals surface area contributed by atoms with E-state index in [1.165, 1.54) is 31.2 Å². The highest BCUT2D eigenvalue weighted by Gasteiger charge is 2.40. The molecule has 0 amide bonds. The number of unbranched alkanes of at least 4 members (excludes halogenated alkanes) is 3. The van der Waals surface area contributed by atoms with E-state index in [2.05, 4.69) is 42.7 Å². The average molecular weight is 290 g/mol. The number of ether oxygens (including phenoxy) is 1. The summed E-state index contributed by atoms with van der Waals surface area (Å²) in [7, 11) is 0. The van der Waals surface area contributed by atoms with Crippen molar-refractivity contribution in [1.29, 1.82) is 0 Å². The van der Waals surface area contributed by atoms with Crippen molar-refractivity contribution < 1.29 is 4.74 Å². The molecule has 0 aliphatic carbocycles. The monoisotopic (exact) mass is 290 g/mol. The van der Waals surface area contributed by atoms with E-state index >= 15 is 0 Å².